The van der Waals surface area contributed by atoms with Gasteiger partial charge in [-0.3, -0.25) is 14.7 Å². The molecular formula is C23H21N5O2. The molecule has 1 aliphatic rings. The first-order valence-corrected chi connectivity index (χ1v) is 9.94. The van der Waals surface area contributed by atoms with E-state index in [-0.39, 0.29) is 5.56 Å². The molecule has 0 saturated heterocycles. The molecule has 0 unspecified atom stereocenters. The topological polar surface area (TPSA) is 87.9 Å². The predicted molar refractivity (Wildman–Crippen MR) is 113 cm³/mol. The smallest absolute Gasteiger partial charge is 0.255 e. The van der Waals surface area contributed by atoms with Crippen molar-refractivity contribution < 1.29 is 4.42 Å². The number of oxazole rings is 1. The van der Waals surface area contributed by atoms with Crippen LogP contribution >= 0.6 is 0 Å². The van der Waals surface area contributed by atoms with Gasteiger partial charge in [0.25, 0.3) is 5.56 Å². The quantitative estimate of drug-likeness (QED) is 0.566. The Morgan fingerprint density at radius 1 is 1.10 bits per heavy atom. The summed E-state index contributed by atoms with van der Waals surface area (Å²) in [7, 11) is 0. The van der Waals surface area contributed by atoms with Gasteiger partial charge in [-0.15, -0.1) is 0 Å². The Hall–Kier alpha value is -3.58. The summed E-state index contributed by atoms with van der Waals surface area (Å²) in [5.41, 5.74) is 4.15. The number of hydrogen-bond donors (Lipinski definition) is 1. The molecule has 0 atom stereocenters. The highest BCUT2D eigenvalue weighted by molar-refractivity contribution is 5.54. The molecule has 7 nitrogen and oxygen atoms in total. The lowest BCUT2D eigenvalue weighted by Gasteiger charge is -2.27. The van der Waals surface area contributed by atoms with Crippen molar-refractivity contribution in [3.05, 3.63) is 87.9 Å². The van der Waals surface area contributed by atoms with Gasteiger partial charge >= 0.3 is 0 Å². The second-order valence-electron chi connectivity index (χ2n) is 7.43. The maximum Gasteiger partial charge on any atom is 0.255 e. The van der Waals surface area contributed by atoms with Gasteiger partial charge in [0.15, 0.2) is 0 Å². The van der Waals surface area contributed by atoms with Crippen molar-refractivity contribution in [2.45, 2.75) is 26.4 Å². The second kappa shape index (κ2) is 7.68. The zero-order valence-corrected chi connectivity index (χ0v) is 16.6. The van der Waals surface area contributed by atoms with Crippen molar-refractivity contribution in [2.75, 3.05) is 6.54 Å². The van der Waals surface area contributed by atoms with Crippen molar-refractivity contribution >= 4 is 0 Å². The van der Waals surface area contributed by atoms with Gasteiger partial charge in [-0.1, -0.05) is 18.2 Å². The summed E-state index contributed by atoms with van der Waals surface area (Å²) in [6, 6.07) is 13.6. The van der Waals surface area contributed by atoms with E-state index >= 15 is 0 Å². The van der Waals surface area contributed by atoms with Crippen LogP contribution < -0.4 is 5.56 Å². The van der Waals surface area contributed by atoms with Crippen molar-refractivity contribution in [1.29, 1.82) is 0 Å². The van der Waals surface area contributed by atoms with Gasteiger partial charge in [-0.05, 0) is 31.2 Å². The number of H-pyrrole nitrogens is 1. The molecule has 7 heteroatoms. The Morgan fingerprint density at radius 3 is 2.73 bits per heavy atom. The van der Waals surface area contributed by atoms with E-state index in [2.05, 4.69) is 19.9 Å². The fourth-order valence-corrected chi connectivity index (χ4v) is 3.75. The Bertz CT molecular complexity index is 1230. The summed E-state index contributed by atoms with van der Waals surface area (Å²) in [5, 5.41) is 0. The van der Waals surface area contributed by atoms with E-state index in [1.165, 1.54) is 0 Å². The molecular weight excluding hydrogens is 378 g/mol. The SMILES string of the molecule is Cc1oc(-c2ccccc2)nc1CN1CCc2nc(-c3cccnc3)[nH]c(=O)c2C1. The molecule has 30 heavy (non-hydrogen) atoms. The molecule has 0 saturated carbocycles. The number of aryl methyl sites for hydroxylation is 1. The van der Waals surface area contributed by atoms with Crippen molar-refractivity contribution in [3.8, 4) is 22.8 Å². The highest BCUT2D eigenvalue weighted by atomic mass is 16.4. The molecule has 0 bridgehead atoms. The molecule has 150 valence electrons. The number of aromatic nitrogens is 4. The molecule has 4 aromatic rings. The van der Waals surface area contributed by atoms with Crippen LogP contribution in [0.15, 0.2) is 64.1 Å². The maximum absolute atomic E-state index is 12.7. The third-order valence-corrected chi connectivity index (χ3v) is 5.37. The number of pyridine rings is 1. The summed E-state index contributed by atoms with van der Waals surface area (Å²) in [5.74, 6) is 2.00. The second-order valence-corrected chi connectivity index (χ2v) is 7.43. The van der Waals surface area contributed by atoms with Crippen LogP contribution in [-0.4, -0.2) is 31.4 Å². The van der Waals surface area contributed by atoms with Crippen LogP contribution in [0.3, 0.4) is 0 Å². The van der Waals surface area contributed by atoms with Crippen molar-refractivity contribution in [1.82, 2.24) is 24.8 Å². The van der Waals surface area contributed by atoms with E-state index in [4.69, 9.17) is 9.40 Å². The van der Waals surface area contributed by atoms with E-state index in [1.807, 2.05) is 49.4 Å². The largest absolute Gasteiger partial charge is 0.441 e. The fourth-order valence-electron chi connectivity index (χ4n) is 3.75. The molecule has 4 heterocycles. The van der Waals surface area contributed by atoms with Crippen LogP contribution in [0.25, 0.3) is 22.8 Å². The molecule has 1 aliphatic heterocycles. The molecule has 0 aliphatic carbocycles. The first-order chi connectivity index (χ1) is 14.7. The Balaban J connectivity index is 1.37. The van der Waals surface area contributed by atoms with Crippen LogP contribution in [-0.2, 0) is 19.5 Å². The lowest BCUT2D eigenvalue weighted by Crippen LogP contribution is -2.35. The minimum absolute atomic E-state index is 0.0922. The number of aromatic amines is 1. The van der Waals surface area contributed by atoms with Gasteiger partial charge in [0.1, 0.15) is 11.6 Å². The molecule has 5 rings (SSSR count). The van der Waals surface area contributed by atoms with Crippen molar-refractivity contribution in [3.63, 3.8) is 0 Å². The number of rotatable bonds is 4. The van der Waals surface area contributed by atoms with E-state index < -0.39 is 0 Å². The lowest BCUT2D eigenvalue weighted by atomic mass is 10.1. The third kappa shape index (κ3) is 3.55. The first-order valence-electron chi connectivity index (χ1n) is 9.94. The summed E-state index contributed by atoms with van der Waals surface area (Å²) >= 11 is 0. The average molecular weight is 399 g/mol. The summed E-state index contributed by atoms with van der Waals surface area (Å²) in [6.45, 7) is 3.91. The Morgan fingerprint density at radius 2 is 1.93 bits per heavy atom. The van der Waals surface area contributed by atoms with Crippen LogP contribution in [0.2, 0.25) is 0 Å². The number of nitrogens with zero attached hydrogens (tertiary/aromatic N) is 4. The third-order valence-electron chi connectivity index (χ3n) is 5.37. The minimum Gasteiger partial charge on any atom is -0.441 e. The van der Waals surface area contributed by atoms with Crippen LogP contribution in [0.4, 0.5) is 0 Å². The zero-order valence-electron chi connectivity index (χ0n) is 16.6. The first kappa shape index (κ1) is 18.4. The monoisotopic (exact) mass is 399 g/mol. The van der Waals surface area contributed by atoms with Gasteiger partial charge in [-0.2, -0.15) is 0 Å². The minimum atomic E-state index is -0.0922. The van der Waals surface area contributed by atoms with E-state index in [0.29, 0.717) is 24.8 Å². The van der Waals surface area contributed by atoms with Gasteiger partial charge < -0.3 is 9.40 Å². The highest BCUT2D eigenvalue weighted by Crippen LogP contribution is 2.24. The lowest BCUT2D eigenvalue weighted by molar-refractivity contribution is 0.238. The summed E-state index contributed by atoms with van der Waals surface area (Å²) < 4.78 is 5.88. The molecule has 0 fully saturated rings. The number of fused-ring (bicyclic) bond motifs is 1. The van der Waals surface area contributed by atoms with Crippen LogP contribution in [0, 0.1) is 6.92 Å². The summed E-state index contributed by atoms with van der Waals surface area (Å²) in [4.78, 5) is 31.3. The predicted octanol–water partition coefficient (Wildman–Crippen LogP) is 3.35. The van der Waals surface area contributed by atoms with E-state index in [9.17, 15) is 4.79 Å². The van der Waals surface area contributed by atoms with Gasteiger partial charge in [0.05, 0.1) is 17.0 Å². The number of benzene rings is 1. The van der Waals surface area contributed by atoms with Crippen LogP contribution in [0.5, 0.6) is 0 Å². The normalized spacial score (nSPS) is 13.9. The Labute approximate surface area is 173 Å². The molecule has 0 spiro atoms. The maximum atomic E-state index is 12.7. The molecule has 0 radical (unpaired) electrons. The van der Waals surface area contributed by atoms with Gasteiger partial charge in [0.2, 0.25) is 5.89 Å². The molecule has 1 aromatic carbocycles. The van der Waals surface area contributed by atoms with E-state index in [1.54, 1.807) is 12.4 Å². The Kier molecular flexibility index (Phi) is 4.72. The number of hydrogen-bond acceptors (Lipinski definition) is 6. The number of nitrogens with one attached hydrogen (secondary N) is 1. The zero-order chi connectivity index (χ0) is 20.5. The van der Waals surface area contributed by atoms with Gasteiger partial charge in [-0.25, -0.2) is 9.97 Å². The summed E-state index contributed by atoms with van der Waals surface area (Å²) in [6.07, 6.45) is 4.12. The van der Waals surface area contributed by atoms with Gasteiger partial charge in [0, 0.05) is 49.6 Å². The van der Waals surface area contributed by atoms with E-state index in [0.717, 1.165) is 46.8 Å². The molecule has 1 N–H and O–H groups in total. The average Bonchev–Trinajstić information content (AvgIpc) is 3.15. The standard InChI is InChI=1S/C23H21N5O2/c1-15-20(26-23(30-15)16-6-3-2-4-7-16)14-28-11-9-19-18(13-28)22(29)27-21(25-19)17-8-5-10-24-12-17/h2-8,10,12H,9,11,13-14H2,1H3,(H,25,27,29). The fraction of sp³-hybridized carbons (Fsp3) is 0.217. The molecule has 0 amide bonds. The van der Waals surface area contributed by atoms with Crippen LogP contribution in [0.1, 0.15) is 22.7 Å². The van der Waals surface area contributed by atoms with Crippen molar-refractivity contribution in [2.24, 2.45) is 0 Å². The molecule has 3 aromatic heterocycles. The highest BCUT2D eigenvalue weighted by Gasteiger charge is 2.23.